The monoisotopic (exact) mass is 187 g/mol. The van der Waals surface area contributed by atoms with Gasteiger partial charge in [0.2, 0.25) is 0 Å². The van der Waals surface area contributed by atoms with Gasteiger partial charge in [-0.2, -0.15) is 11.8 Å². The van der Waals surface area contributed by atoms with Gasteiger partial charge in [-0.3, -0.25) is 0 Å². The maximum absolute atomic E-state index is 3.63. The molecule has 0 amide bonds. The first-order chi connectivity index (χ1) is 5.83. The van der Waals surface area contributed by atoms with E-state index in [2.05, 4.69) is 30.9 Å². The van der Waals surface area contributed by atoms with Gasteiger partial charge in [0, 0.05) is 17.0 Å². The van der Waals surface area contributed by atoms with Gasteiger partial charge in [0.05, 0.1) is 0 Å². The van der Waals surface area contributed by atoms with Crippen molar-refractivity contribution in [3.8, 4) is 0 Å². The van der Waals surface area contributed by atoms with Gasteiger partial charge in [0.15, 0.2) is 0 Å². The fourth-order valence-electron chi connectivity index (χ4n) is 1.64. The number of unbranched alkanes of at least 4 members (excludes halogenated alkanes) is 2. The minimum absolute atomic E-state index is 0.807. The molecule has 0 spiro atoms. The molecular formula is C10H21NS. The summed E-state index contributed by atoms with van der Waals surface area (Å²) in [6.45, 7) is 5.82. The number of hydrogen-bond donors (Lipinski definition) is 1. The largest absolute Gasteiger partial charge is 0.313 e. The minimum atomic E-state index is 0.807. The lowest BCUT2D eigenvalue weighted by molar-refractivity contribution is 0.518. The summed E-state index contributed by atoms with van der Waals surface area (Å²) in [6.07, 6.45) is 5.43. The Labute approximate surface area is 80.7 Å². The first-order valence-corrected chi connectivity index (χ1v) is 6.22. The molecule has 1 saturated heterocycles. The van der Waals surface area contributed by atoms with Crippen molar-refractivity contribution in [3.63, 3.8) is 0 Å². The molecule has 1 nitrogen and oxygen atoms in total. The van der Waals surface area contributed by atoms with Crippen LogP contribution >= 0.6 is 11.8 Å². The fraction of sp³-hybridized carbons (Fsp3) is 1.00. The summed E-state index contributed by atoms with van der Waals surface area (Å²) in [5, 5.41) is 4.51. The fourth-order valence-corrected chi connectivity index (χ4v) is 2.82. The number of nitrogens with one attached hydrogen (secondary N) is 1. The van der Waals surface area contributed by atoms with Crippen LogP contribution in [-0.4, -0.2) is 23.6 Å². The SMILES string of the molecule is CCCCCNC1CSC(C)C1. The van der Waals surface area contributed by atoms with Crippen LogP contribution in [0.5, 0.6) is 0 Å². The molecule has 2 heteroatoms. The molecule has 2 atom stereocenters. The van der Waals surface area contributed by atoms with E-state index in [0.717, 1.165) is 11.3 Å². The average Bonchev–Trinajstić information content (AvgIpc) is 2.45. The molecule has 1 aliphatic rings. The van der Waals surface area contributed by atoms with Crippen molar-refractivity contribution in [2.75, 3.05) is 12.3 Å². The molecule has 0 aromatic carbocycles. The van der Waals surface area contributed by atoms with Gasteiger partial charge in [0.25, 0.3) is 0 Å². The molecular weight excluding hydrogens is 166 g/mol. The van der Waals surface area contributed by atoms with E-state index >= 15 is 0 Å². The van der Waals surface area contributed by atoms with Crippen LogP contribution in [0.4, 0.5) is 0 Å². The van der Waals surface area contributed by atoms with Crippen LogP contribution in [0.25, 0.3) is 0 Å². The molecule has 1 rings (SSSR count). The molecule has 1 aliphatic heterocycles. The van der Waals surface area contributed by atoms with Crippen molar-refractivity contribution < 1.29 is 0 Å². The van der Waals surface area contributed by atoms with Gasteiger partial charge in [-0.15, -0.1) is 0 Å². The molecule has 0 bridgehead atoms. The quantitative estimate of drug-likeness (QED) is 0.664. The molecule has 0 radical (unpaired) electrons. The van der Waals surface area contributed by atoms with Crippen LogP contribution in [0.3, 0.4) is 0 Å². The van der Waals surface area contributed by atoms with Crippen molar-refractivity contribution in [1.29, 1.82) is 0 Å². The van der Waals surface area contributed by atoms with Gasteiger partial charge in [-0.25, -0.2) is 0 Å². The molecule has 1 fully saturated rings. The van der Waals surface area contributed by atoms with Crippen molar-refractivity contribution in [2.24, 2.45) is 0 Å². The van der Waals surface area contributed by atoms with E-state index in [4.69, 9.17) is 0 Å². The lowest BCUT2D eigenvalue weighted by Crippen LogP contribution is -2.29. The Morgan fingerprint density at radius 3 is 2.83 bits per heavy atom. The van der Waals surface area contributed by atoms with Crippen LogP contribution < -0.4 is 5.32 Å². The summed E-state index contributed by atoms with van der Waals surface area (Å²) >= 11 is 2.11. The molecule has 0 aromatic rings. The highest BCUT2D eigenvalue weighted by Crippen LogP contribution is 2.25. The number of rotatable bonds is 5. The normalized spacial score (nSPS) is 29.5. The third-order valence-corrected chi connectivity index (χ3v) is 3.77. The standard InChI is InChI=1S/C10H21NS/c1-3-4-5-6-11-10-7-9(2)12-8-10/h9-11H,3-8H2,1-2H3. The molecule has 72 valence electrons. The third-order valence-electron chi connectivity index (χ3n) is 2.41. The predicted molar refractivity (Wildman–Crippen MR) is 57.9 cm³/mol. The van der Waals surface area contributed by atoms with Crippen LogP contribution in [0.15, 0.2) is 0 Å². The van der Waals surface area contributed by atoms with Gasteiger partial charge < -0.3 is 5.32 Å². The second kappa shape index (κ2) is 5.87. The van der Waals surface area contributed by atoms with Gasteiger partial charge >= 0.3 is 0 Å². The second-order valence-electron chi connectivity index (χ2n) is 3.74. The van der Waals surface area contributed by atoms with E-state index in [1.54, 1.807) is 0 Å². The van der Waals surface area contributed by atoms with E-state index in [1.807, 2.05) is 0 Å². The smallest absolute Gasteiger partial charge is 0.0168 e. The summed E-state index contributed by atoms with van der Waals surface area (Å²) in [5.74, 6) is 1.33. The molecule has 2 unspecified atom stereocenters. The molecule has 0 aromatic heterocycles. The first kappa shape index (κ1) is 10.4. The Morgan fingerprint density at radius 1 is 1.42 bits per heavy atom. The maximum Gasteiger partial charge on any atom is 0.0168 e. The Kier molecular flexibility index (Phi) is 5.08. The zero-order valence-corrected chi connectivity index (χ0v) is 9.12. The summed E-state index contributed by atoms with van der Waals surface area (Å²) in [5.41, 5.74) is 0. The van der Waals surface area contributed by atoms with E-state index in [-0.39, 0.29) is 0 Å². The summed E-state index contributed by atoms with van der Waals surface area (Å²) < 4.78 is 0. The van der Waals surface area contributed by atoms with Crippen molar-refractivity contribution in [3.05, 3.63) is 0 Å². The molecule has 12 heavy (non-hydrogen) atoms. The highest BCUT2D eigenvalue weighted by atomic mass is 32.2. The second-order valence-corrected chi connectivity index (χ2v) is 5.21. The first-order valence-electron chi connectivity index (χ1n) is 5.18. The summed E-state index contributed by atoms with van der Waals surface area (Å²) in [6, 6.07) is 0.807. The van der Waals surface area contributed by atoms with E-state index < -0.39 is 0 Å². The zero-order chi connectivity index (χ0) is 8.81. The average molecular weight is 187 g/mol. The third kappa shape index (κ3) is 3.81. The molecule has 1 heterocycles. The Hall–Kier alpha value is 0.310. The number of thioether (sulfide) groups is 1. The Bertz CT molecular complexity index is 116. The van der Waals surface area contributed by atoms with E-state index in [9.17, 15) is 0 Å². The van der Waals surface area contributed by atoms with Gasteiger partial charge in [0.1, 0.15) is 0 Å². The Morgan fingerprint density at radius 2 is 2.25 bits per heavy atom. The topological polar surface area (TPSA) is 12.0 Å². The Balaban J connectivity index is 1.93. The van der Waals surface area contributed by atoms with Crippen LogP contribution in [0, 0.1) is 0 Å². The molecule has 1 N–H and O–H groups in total. The van der Waals surface area contributed by atoms with E-state index in [0.29, 0.717) is 0 Å². The van der Waals surface area contributed by atoms with E-state index in [1.165, 1.54) is 38.0 Å². The van der Waals surface area contributed by atoms with Crippen LogP contribution in [-0.2, 0) is 0 Å². The van der Waals surface area contributed by atoms with Gasteiger partial charge in [-0.1, -0.05) is 26.7 Å². The predicted octanol–water partition coefficient (Wildman–Crippen LogP) is 2.66. The minimum Gasteiger partial charge on any atom is -0.313 e. The van der Waals surface area contributed by atoms with Crippen LogP contribution in [0.1, 0.15) is 39.5 Å². The maximum atomic E-state index is 3.63. The lowest BCUT2D eigenvalue weighted by atomic mass is 10.2. The zero-order valence-electron chi connectivity index (χ0n) is 8.31. The number of hydrogen-bond acceptors (Lipinski definition) is 2. The summed E-state index contributed by atoms with van der Waals surface area (Å²) in [4.78, 5) is 0. The molecule has 0 saturated carbocycles. The summed E-state index contributed by atoms with van der Waals surface area (Å²) in [7, 11) is 0. The molecule has 0 aliphatic carbocycles. The van der Waals surface area contributed by atoms with Gasteiger partial charge in [-0.05, 0) is 19.4 Å². The van der Waals surface area contributed by atoms with Crippen molar-refractivity contribution in [2.45, 2.75) is 50.8 Å². The highest BCUT2D eigenvalue weighted by molar-refractivity contribution is 8.00. The lowest BCUT2D eigenvalue weighted by Gasteiger charge is -2.10. The highest BCUT2D eigenvalue weighted by Gasteiger charge is 2.20. The van der Waals surface area contributed by atoms with Crippen molar-refractivity contribution in [1.82, 2.24) is 5.32 Å². The van der Waals surface area contributed by atoms with Crippen molar-refractivity contribution >= 4 is 11.8 Å². The van der Waals surface area contributed by atoms with Crippen LogP contribution in [0.2, 0.25) is 0 Å².